The van der Waals surface area contributed by atoms with E-state index in [2.05, 4.69) is 0 Å². The molecule has 0 radical (unpaired) electrons. The summed E-state index contributed by atoms with van der Waals surface area (Å²) in [7, 11) is 0. The summed E-state index contributed by atoms with van der Waals surface area (Å²) in [6.07, 6.45) is 2.27. The number of allylic oxidation sites excluding steroid dienone is 1. The van der Waals surface area contributed by atoms with E-state index in [1.54, 1.807) is 13.8 Å². The topological polar surface area (TPSA) is 60.2 Å². The first-order valence-electron chi connectivity index (χ1n) is 3.05. The molecule has 0 aromatic rings. The molecule has 0 spiro atoms. The predicted molar refractivity (Wildman–Crippen MR) is 40.3 cm³/mol. The van der Waals surface area contributed by atoms with Crippen molar-refractivity contribution in [1.29, 1.82) is 0 Å². The highest BCUT2D eigenvalue weighted by Gasteiger charge is 2.01. The zero-order valence-corrected chi connectivity index (χ0v) is 6.13. The van der Waals surface area contributed by atoms with Gasteiger partial charge in [0.1, 0.15) is 0 Å². The minimum atomic E-state index is -0.589. The van der Waals surface area contributed by atoms with Gasteiger partial charge in [0.15, 0.2) is 5.78 Å². The summed E-state index contributed by atoms with van der Waals surface area (Å²) >= 11 is 0. The maximum Gasteiger partial charge on any atom is 0.241 e. The number of amides is 1. The van der Waals surface area contributed by atoms with Gasteiger partial charge in [-0.25, -0.2) is 0 Å². The number of hydrogen-bond acceptors (Lipinski definition) is 2. The predicted octanol–water partition coefficient (Wildman–Crippen LogP) is 0.499. The molecule has 3 nitrogen and oxygen atoms in total. The van der Waals surface area contributed by atoms with Gasteiger partial charge in [-0.2, -0.15) is 0 Å². The SMILES string of the molecule is CC(C)C(=O)/C=C\C(N)=O.[HH]. The van der Waals surface area contributed by atoms with Gasteiger partial charge < -0.3 is 5.73 Å². The molecule has 58 valence electrons. The lowest BCUT2D eigenvalue weighted by Crippen LogP contribution is -2.08. The second kappa shape index (κ2) is 3.82. The second-order valence-corrected chi connectivity index (χ2v) is 2.29. The minimum Gasteiger partial charge on any atom is -0.366 e. The van der Waals surface area contributed by atoms with E-state index in [0.29, 0.717) is 0 Å². The van der Waals surface area contributed by atoms with Crippen molar-refractivity contribution in [1.82, 2.24) is 0 Å². The van der Waals surface area contributed by atoms with Gasteiger partial charge in [-0.15, -0.1) is 0 Å². The lowest BCUT2D eigenvalue weighted by atomic mass is 10.1. The summed E-state index contributed by atoms with van der Waals surface area (Å²) in [6.45, 7) is 3.52. The molecule has 0 bridgehead atoms. The average Bonchev–Trinajstić information content (AvgIpc) is 1.82. The fraction of sp³-hybridized carbons (Fsp3) is 0.429. The summed E-state index contributed by atoms with van der Waals surface area (Å²) in [5.74, 6) is -0.747. The molecule has 0 aliphatic rings. The van der Waals surface area contributed by atoms with Crippen molar-refractivity contribution < 1.29 is 11.0 Å². The van der Waals surface area contributed by atoms with Crippen molar-refractivity contribution >= 4 is 11.7 Å². The number of primary amides is 1. The second-order valence-electron chi connectivity index (χ2n) is 2.29. The zero-order chi connectivity index (χ0) is 8.15. The molecule has 10 heavy (non-hydrogen) atoms. The molecule has 1 amide bonds. The molecule has 0 atom stereocenters. The lowest BCUT2D eigenvalue weighted by Gasteiger charge is -1.94. The van der Waals surface area contributed by atoms with Crippen molar-refractivity contribution in [2.24, 2.45) is 11.7 Å². The Morgan fingerprint density at radius 3 is 2.20 bits per heavy atom. The summed E-state index contributed by atoms with van der Waals surface area (Å²) in [6, 6.07) is 0. The van der Waals surface area contributed by atoms with E-state index >= 15 is 0 Å². The molecule has 0 aromatic carbocycles. The largest absolute Gasteiger partial charge is 0.366 e. The van der Waals surface area contributed by atoms with Crippen LogP contribution >= 0.6 is 0 Å². The van der Waals surface area contributed by atoms with Crippen molar-refractivity contribution in [3.63, 3.8) is 0 Å². The van der Waals surface area contributed by atoms with Crippen LogP contribution in [0.1, 0.15) is 15.3 Å². The lowest BCUT2D eigenvalue weighted by molar-refractivity contribution is -0.118. The third-order valence-electron chi connectivity index (χ3n) is 0.981. The normalized spacial score (nSPS) is 10.7. The summed E-state index contributed by atoms with van der Waals surface area (Å²) < 4.78 is 0. The molecule has 0 fully saturated rings. The van der Waals surface area contributed by atoms with Crippen LogP contribution in [0, 0.1) is 5.92 Å². The monoisotopic (exact) mass is 143 g/mol. The Morgan fingerprint density at radius 2 is 1.90 bits per heavy atom. The smallest absolute Gasteiger partial charge is 0.241 e. The van der Waals surface area contributed by atoms with E-state index < -0.39 is 5.91 Å². The molecule has 2 N–H and O–H groups in total. The van der Waals surface area contributed by atoms with Gasteiger partial charge in [-0.3, -0.25) is 9.59 Å². The number of ketones is 1. The number of nitrogens with two attached hydrogens (primary N) is 1. The Hall–Kier alpha value is -1.12. The molecule has 0 saturated carbocycles. The molecule has 0 saturated heterocycles. The van der Waals surface area contributed by atoms with Gasteiger partial charge in [0.2, 0.25) is 5.91 Å². The number of hydrogen-bond donors (Lipinski definition) is 1. The number of rotatable bonds is 3. The van der Waals surface area contributed by atoms with E-state index in [1.807, 2.05) is 0 Å². The van der Waals surface area contributed by atoms with Gasteiger partial charge in [0.05, 0.1) is 0 Å². The molecule has 0 aliphatic heterocycles. The van der Waals surface area contributed by atoms with Gasteiger partial charge in [0, 0.05) is 13.4 Å². The van der Waals surface area contributed by atoms with E-state index in [1.165, 1.54) is 6.08 Å². The minimum absolute atomic E-state index is 0. The fourth-order valence-corrected chi connectivity index (χ4v) is 0.357. The van der Waals surface area contributed by atoms with Crippen LogP contribution in [-0.4, -0.2) is 11.7 Å². The van der Waals surface area contributed by atoms with Crippen LogP contribution in [0.15, 0.2) is 12.2 Å². The van der Waals surface area contributed by atoms with Gasteiger partial charge in [0.25, 0.3) is 0 Å². The fourth-order valence-electron chi connectivity index (χ4n) is 0.357. The van der Waals surface area contributed by atoms with Crippen molar-refractivity contribution in [2.75, 3.05) is 0 Å². The van der Waals surface area contributed by atoms with Crippen LogP contribution < -0.4 is 5.73 Å². The van der Waals surface area contributed by atoms with Crippen LogP contribution in [0.2, 0.25) is 0 Å². The maximum atomic E-state index is 10.8. The Morgan fingerprint density at radius 1 is 1.40 bits per heavy atom. The maximum absolute atomic E-state index is 10.8. The number of carbonyl (C=O) groups is 2. The van der Waals surface area contributed by atoms with Gasteiger partial charge in [-0.1, -0.05) is 13.8 Å². The third kappa shape index (κ3) is 3.83. The first-order chi connectivity index (χ1) is 4.54. The first-order valence-corrected chi connectivity index (χ1v) is 3.05. The molecule has 0 aliphatic carbocycles. The Labute approximate surface area is 61.4 Å². The van der Waals surface area contributed by atoms with Crippen LogP contribution in [0.3, 0.4) is 0 Å². The highest BCUT2D eigenvalue weighted by molar-refractivity contribution is 5.97. The molecule has 0 rings (SSSR count). The van der Waals surface area contributed by atoms with Crippen molar-refractivity contribution in [3.05, 3.63) is 12.2 Å². The summed E-state index contributed by atoms with van der Waals surface area (Å²) in [4.78, 5) is 20.9. The third-order valence-corrected chi connectivity index (χ3v) is 0.981. The van der Waals surface area contributed by atoms with Crippen LogP contribution in [-0.2, 0) is 9.59 Å². The van der Waals surface area contributed by atoms with Gasteiger partial charge in [-0.05, 0) is 6.08 Å². The Kier molecular flexibility index (Phi) is 3.39. The molecule has 0 heterocycles. The summed E-state index contributed by atoms with van der Waals surface area (Å²) in [5.41, 5.74) is 4.76. The first kappa shape index (κ1) is 8.88. The highest BCUT2D eigenvalue weighted by Crippen LogP contribution is 1.94. The van der Waals surface area contributed by atoms with E-state index in [9.17, 15) is 9.59 Å². The quantitative estimate of drug-likeness (QED) is 0.585. The van der Waals surface area contributed by atoms with Gasteiger partial charge >= 0.3 is 0 Å². The molecular formula is C7H13NO2. The van der Waals surface area contributed by atoms with Crippen molar-refractivity contribution in [2.45, 2.75) is 13.8 Å². The summed E-state index contributed by atoms with van der Waals surface area (Å²) in [5, 5.41) is 0. The van der Waals surface area contributed by atoms with Crippen LogP contribution in [0.25, 0.3) is 0 Å². The molecular weight excluding hydrogens is 130 g/mol. The standard InChI is InChI=1S/C7H11NO2.H2/c1-5(2)6(9)3-4-7(8)10;/h3-5H,1-2H3,(H2,8,10);1H/b4-3-;. The molecule has 0 unspecified atom stereocenters. The van der Waals surface area contributed by atoms with Crippen LogP contribution in [0.5, 0.6) is 0 Å². The van der Waals surface area contributed by atoms with E-state index in [4.69, 9.17) is 5.73 Å². The Bertz CT molecular complexity index is 175. The average molecular weight is 143 g/mol. The molecule has 3 heteroatoms. The Balaban J connectivity index is 0. The zero-order valence-electron chi connectivity index (χ0n) is 6.13. The van der Waals surface area contributed by atoms with Crippen molar-refractivity contribution in [3.8, 4) is 0 Å². The number of carbonyl (C=O) groups excluding carboxylic acids is 2. The highest BCUT2D eigenvalue weighted by atomic mass is 16.1. The molecule has 0 aromatic heterocycles. The van der Waals surface area contributed by atoms with E-state index in [-0.39, 0.29) is 13.1 Å². The van der Waals surface area contributed by atoms with Crippen LogP contribution in [0.4, 0.5) is 0 Å². The van der Waals surface area contributed by atoms with E-state index in [0.717, 1.165) is 6.08 Å².